The highest BCUT2D eigenvalue weighted by Gasteiger charge is 2.31. The molecule has 1 heterocycles. The molecule has 104 valence electrons. The summed E-state index contributed by atoms with van der Waals surface area (Å²) in [6, 6.07) is 4.79. The third kappa shape index (κ3) is 3.21. The SMILES string of the molecule is Cc1cccc([N+](=O)[O-])c1OCC1(O)CCNCC1. The first-order chi connectivity index (χ1) is 9.02. The van der Waals surface area contributed by atoms with Gasteiger partial charge in [-0.15, -0.1) is 0 Å². The van der Waals surface area contributed by atoms with E-state index >= 15 is 0 Å². The van der Waals surface area contributed by atoms with E-state index in [4.69, 9.17) is 4.74 Å². The number of rotatable bonds is 4. The van der Waals surface area contributed by atoms with E-state index in [-0.39, 0.29) is 18.0 Å². The van der Waals surface area contributed by atoms with Gasteiger partial charge in [-0.1, -0.05) is 12.1 Å². The summed E-state index contributed by atoms with van der Waals surface area (Å²) < 4.78 is 5.55. The molecule has 1 saturated heterocycles. The van der Waals surface area contributed by atoms with Crippen molar-refractivity contribution in [2.45, 2.75) is 25.4 Å². The van der Waals surface area contributed by atoms with Crippen LogP contribution < -0.4 is 10.1 Å². The first kappa shape index (κ1) is 13.8. The molecule has 0 atom stereocenters. The highest BCUT2D eigenvalue weighted by atomic mass is 16.6. The molecule has 2 N–H and O–H groups in total. The normalized spacial score (nSPS) is 18.0. The molecule has 1 aliphatic rings. The number of ether oxygens (including phenoxy) is 1. The Hall–Kier alpha value is -1.66. The Balaban J connectivity index is 2.12. The molecule has 0 radical (unpaired) electrons. The highest BCUT2D eigenvalue weighted by molar-refractivity contribution is 5.51. The lowest BCUT2D eigenvalue weighted by Crippen LogP contribution is -2.46. The summed E-state index contributed by atoms with van der Waals surface area (Å²) in [4.78, 5) is 10.5. The van der Waals surface area contributed by atoms with Gasteiger partial charge in [0.05, 0.1) is 4.92 Å². The Morgan fingerprint density at radius 3 is 2.79 bits per heavy atom. The van der Waals surface area contributed by atoms with Crippen LogP contribution in [-0.2, 0) is 0 Å². The van der Waals surface area contributed by atoms with Crippen LogP contribution in [0.1, 0.15) is 18.4 Å². The van der Waals surface area contributed by atoms with Crippen LogP contribution >= 0.6 is 0 Å². The van der Waals surface area contributed by atoms with Crippen molar-refractivity contribution in [2.24, 2.45) is 0 Å². The number of hydrogen-bond acceptors (Lipinski definition) is 5. The number of nitro benzene ring substituents is 1. The van der Waals surface area contributed by atoms with Crippen molar-refractivity contribution in [2.75, 3.05) is 19.7 Å². The fourth-order valence-electron chi connectivity index (χ4n) is 2.21. The number of nitrogens with one attached hydrogen (secondary N) is 1. The van der Waals surface area contributed by atoms with Gasteiger partial charge in [-0.3, -0.25) is 10.1 Å². The van der Waals surface area contributed by atoms with E-state index in [1.54, 1.807) is 19.1 Å². The van der Waals surface area contributed by atoms with E-state index in [2.05, 4.69) is 5.32 Å². The fourth-order valence-corrected chi connectivity index (χ4v) is 2.21. The van der Waals surface area contributed by atoms with Crippen molar-refractivity contribution in [1.82, 2.24) is 5.32 Å². The first-order valence-electron chi connectivity index (χ1n) is 6.32. The summed E-state index contributed by atoms with van der Waals surface area (Å²) in [5.74, 6) is 0.249. The molecule has 0 amide bonds. The molecule has 6 heteroatoms. The fraction of sp³-hybridized carbons (Fsp3) is 0.538. The van der Waals surface area contributed by atoms with E-state index in [1.165, 1.54) is 6.07 Å². The van der Waals surface area contributed by atoms with Gasteiger partial charge < -0.3 is 15.2 Å². The zero-order valence-corrected chi connectivity index (χ0v) is 10.9. The van der Waals surface area contributed by atoms with E-state index in [9.17, 15) is 15.2 Å². The zero-order valence-electron chi connectivity index (χ0n) is 10.9. The predicted molar refractivity (Wildman–Crippen MR) is 70.4 cm³/mol. The van der Waals surface area contributed by atoms with Gasteiger partial charge >= 0.3 is 5.69 Å². The van der Waals surface area contributed by atoms with Crippen molar-refractivity contribution in [3.05, 3.63) is 33.9 Å². The number of nitrogens with zero attached hydrogens (tertiary/aromatic N) is 1. The average Bonchev–Trinajstić information content (AvgIpc) is 2.38. The average molecular weight is 266 g/mol. The Bertz CT molecular complexity index is 470. The van der Waals surface area contributed by atoms with Gasteiger partial charge in [0.2, 0.25) is 0 Å². The minimum Gasteiger partial charge on any atom is -0.484 e. The summed E-state index contributed by atoms with van der Waals surface area (Å²) in [6.07, 6.45) is 1.18. The van der Waals surface area contributed by atoms with Gasteiger partial charge in [0.15, 0.2) is 5.75 Å². The summed E-state index contributed by atoms with van der Waals surface area (Å²) in [7, 11) is 0. The van der Waals surface area contributed by atoms with Crippen molar-refractivity contribution in [1.29, 1.82) is 0 Å². The molecule has 0 aliphatic carbocycles. The van der Waals surface area contributed by atoms with Gasteiger partial charge in [0, 0.05) is 6.07 Å². The molecule has 1 aliphatic heterocycles. The van der Waals surface area contributed by atoms with Gasteiger partial charge in [-0.2, -0.15) is 0 Å². The molecule has 0 unspecified atom stereocenters. The lowest BCUT2D eigenvalue weighted by atomic mass is 9.93. The number of benzene rings is 1. The molecular formula is C13H18N2O4. The van der Waals surface area contributed by atoms with Crippen molar-refractivity contribution < 1.29 is 14.8 Å². The molecule has 6 nitrogen and oxygen atoms in total. The summed E-state index contributed by atoms with van der Waals surface area (Å²) in [5, 5.41) is 24.4. The molecule has 1 fully saturated rings. The second-order valence-electron chi connectivity index (χ2n) is 4.94. The van der Waals surface area contributed by atoms with E-state index in [0.29, 0.717) is 18.4 Å². The van der Waals surface area contributed by atoms with Crippen LogP contribution in [0.25, 0.3) is 0 Å². The van der Waals surface area contributed by atoms with Crippen molar-refractivity contribution in [3.8, 4) is 5.75 Å². The summed E-state index contributed by atoms with van der Waals surface area (Å²) in [5.41, 5.74) is -0.259. The molecule has 0 bridgehead atoms. The number of para-hydroxylation sites is 1. The maximum Gasteiger partial charge on any atom is 0.311 e. The predicted octanol–water partition coefficient (Wildman–Crippen LogP) is 1.40. The molecule has 1 aromatic carbocycles. The van der Waals surface area contributed by atoms with Crippen LogP contribution in [0.5, 0.6) is 5.75 Å². The third-order valence-corrected chi connectivity index (χ3v) is 3.41. The molecule has 1 aromatic rings. The standard InChI is InChI=1S/C13H18N2O4/c1-10-3-2-4-11(15(17)18)12(10)19-9-13(16)5-7-14-8-6-13/h2-4,14,16H,5-9H2,1H3. The topological polar surface area (TPSA) is 84.6 Å². The molecule has 2 rings (SSSR count). The largest absolute Gasteiger partial charge is 0.484 e. The van der Waals surface area contributed by atoms with Gasteiger partial charge in [-0.05, 0) is 38.4 Å². The number of aryl methyl sites for hydroxylation is 1. The van der Waals surface area contributed by atoms with Crippen LogP contribution in [0.2, 0.25) is 0 Å². The maximum atomic E-state index is 11.0. The lowest BCUT2D eigenvalue weighted by Gasteiger charge is -2.32. The van der Waals surface area contributed by atoms with Gasteiger partial charge in [0.1, 0.15) is 12.2 Å². The highest BCUT2D eigenvalue weighted by Crippen LogP contribution is 2.31. The quantitative estimate of drug-likeness (QED) is 0.635. The lowest BCUT2D eigenvalue weighted by molar-refractivity contribution is -0.386. The summed E-state index contributed by atoms with van der Waals surface area (Å²) in [6.45, 7) is 3.31. The molecule has 0 saturated carbocycles. The van der Waals surface area contributed by atoms with Crippen molar-refractivity contribution >= 4 is 5.69 Å². The van der Waals surface area contributed by atoms with Crippen LogP contribution in [0.15, 0.2) is 18.2 Å². The minimum absolute atomic E-state index is 0.0578. The van der Waals surface area contributed by atoms with Crippen molar-refractivity contribution in [3.63, 3.8) is 0 Å². The Labute approximate surface area is 111 Å². The second-order valence-corrected chi connectivity index (χ2v) is 4.94. The van der Waals surface area contributed by atoms with E-state index < -0.39 is 10.5 Å². The molecular weight excluding hydrogens is 248 g/mol. The van der Waals surface area contributed by atoms with Crippen LogP contribution in [-0.4, -0.2) is 35.3 Å². The molecule has 19 heavy (non-hydrogen) atoms. The monoisotopic (exact) mass is 266 g/mol. The Kier molecular flexibility index (Phi) is 4.01. The third-order valence-electron chi connectivity index (χ3n) is 3.41. The van der Waals surface area contributed by atoms with E-state index in [0.717, 1.165) is 13.1 Å². The van der Waals surface area contributed by atoms with E-state index in [1.807, 2.05) is 0 Å². The number of aliphatic hydroxyl groups is 1. The Morgan fingerprint density at radius 1 is 1.47 bits per heavy atom. The number of piperidine rings is 1. The second kappa shape index (κ2) is 5.54. The number of nitro groups is 1. The molecule has 0 aromatic heterocycles. The minimum atomic E-state index is -0.901. The first-order valence-corrected chi connectivity index (χ1v) is 6.32. The maximum absolute atomic E-state index is 11.0. The Morgan fingerprint density at radius 2 is 2.16 bits per heavy atom. The van der Waals surface area contributed by atoms with Gasteiger partial charge in [0.25, 0.3) is 0 Å². The zero-order chi connectivity index (χ0) is 13.9. The van der Waals surface area contributed by atoms with Gasteiger partial charge in [-0.25, -0.2) is 0 Å². The summed E-state index contributed by atoms with van der Waals surface area (Å²) >= 11 is 0. The van der Waals surface area contributed by atoms with Crippen LogP contribution in [0, 0.1) is 17.0 Å². The smallest absolute Gasteiger partial charge is 0.311 e. The van der Waals surface area contributed by atoms with Crippen LogP contribution in [0.3, 0.4) is 0 Å². The number of hydrogen-bond donors (Lipinski definition) is 2. The molecule has 0 spiro atoms. The van der Waals surface area contributed by atoms with Crippen LogP contribution in [0.4, 0.5) is 5.69 Å².